The van der Waals surface area contributed by atoms with Crippen molar-refractivity contribution in [2.24, 2.45) is 0 Å². The Kier molecular flexibility index (Phi) is 3.39. The molecule has 0 spiro atoms. The Balaban J connectivity index is 2.44. The first-order chi connectivity index (χ1) is 8.22. The van der Waals surface area contributed by atoms with Crippen molar-refractivity contribution in [1.82, 2.24) is 9.97 Å². The molecule has 1 heterocycles. The van der Waals surface area contributed by atoms with E-state index in [0.717, 1.165) is 17.0 Å². The highest BCUT2D eigenvalue weighted by atomic mass is 32.1. The first kappa shape index (κ1) is 11.6. The Morgan fingerprint density at radius 3 is 2.41 bits per heavy atom. The van der Waals surface area contributed by atoms with Gasteiger partial charge in [0.25, 0.3) is 0 Å². The Morgan fingerprint density at radius 1 is 1.12 bits per heavy atom. The molecule has 0 aliphatic heterocycles. The number of H-pyrrole nitrogens is 1. The first-order valence-corrected chi connectivity index (χ1v) is 5.43. The fourth-order valence-electron chi connectivity index (χ4n) is 1.47. The van der Waals surface area contributed by atoms with Crippen LogP contribution in [0.25, 0.3) is 11.3 Å². The van der Waals surface area contributed by atoms with E-state index in [9.17, 15) is 0 Å². The minimum absolute atomic E-state index is 0.398. The van der Waals surface area contributed by atoms with E-state index in [1.165, 1.54) is 0 Å². The van der Waals surface area contributed by atoms with E-state index in [4.69, 9.17) is 21.7 Å². The summed E-state index contributed by atoms with van der Waals surface area (Å²) in [6.45, 7) is 0. The van der Waals surface area contributed by atoms with Gasteiger partial charge in [0.15, 0.2) is 0 Å². The maximum atomic E-state index is 5.11. The van der Waals surface area contributed by atoms with Crippen LogP contribution in [-0.2, 0) is 0 Å². The lowest BCUT2D eigenvalue weighted by Gasteiger charge is -2.05. The monoisotopic (exact) mass is 248 g/mol. The molecule has 0 amide bonds. The smallest absolute Gasteiger partial charge is 0.217 e. The second kappa shape index (κ2) is 4.97. The molecule has 2 aromatic rings. The second-order valence-electron chi connectivity index (χ2n) is 3.37. The lowest BCUT2D eigenvalue weighted by atomic mass is 10.1. The zero-order valence-corrected chi connectivity index (χ0v) is 10.4. The van der Waals surface area contributed by atoms with Gasteiger partial charge in [-0.2, -0.15) is 4.98 Å². The van der Waals surface area contributed by atoms with E-state index >= 15 is 0 Å². The summed E-state index contributed by atoms with van der Waals surface area (Å²) in [5.74, 6) is 1.31. The second-order valence-corrected chi connectivity index (χ2v) is 3.76. The number of benzene rings is 1. The van der Waals surface area contributed by atoms with Gasteiger partial charge in [-0.25, -0.2) is 0 Å². The summed E-state index contributed by atoms with van der Waals surface area (Å²) in [4.78, 5) is 7.04. The van der Waals surface area contributed by atoms with Crippen LogP contribution in [0.3, 0.4) is 0 Å². The summed E-state index contributed by atoms with van der Waals surface area (Å²) in [5.41, 5.74) is 1.86. The molecule has 5 heteroatoms. The van der Waals surface area contributed by atoms with E-state index < -0.39 is 0 Å². The molecular formula is C12H12N2O2S. The molecule has 0 saturated heterocycles. The highest BCUT2D eigenvalue weighted by Gasteiger charge is 2.02. The van der Waals surface area contributed by atoms with Crippen molar-refractivity contribution in [3.8, 4) is 22.9 Å². The fourth-order valence-corrected chi connectivity index (χ4v) is 1.67. The number of rotatable bonds is 3. The van der Waals surface area contributed by atoms with Gasteiger partial charge in [-0.1, -0.05) is 0 Å². The van der Waals surface area contributed by atoms with Crippen LogP contribution in [0.2, 0.25) is 0 Å². The van der Waals surface area contributed by atoms with Crippen LogP contribution >= 0.6 is 12.2 Å². The van der Waals surface area contributed by atoms with Crippen molar-refractivity contribution in [2.75, 3.05) is 14.2 Å². The minimum Gasteiger partial charge on any atom is -0.497 e. The van der Waals surface area contributed by atoms with Crippen molar-refractivity contribution in [2.45, 2.75) is 0 Å². The fraction of sp³-hybridized carbons (Fsp3) is 0.167. The summed E-state index contributed by atoms with van der Waals surface area (Å²) in [6, 6.07) is 9.47. The van der Waals surface area contributed by atoms with Crippen LogP contribution in [0.15, 0.2) is 30.3 Å². The summed E-state index contributed by atoms with van der Waals surface area (Å²) in [7, 11) is 3.20. The van der Waals surface area contributed by atoms with Gasteiger partial charge in [0.1, 0.15) is 5.75 Å². The van der Waals surface area contributed by atoms with Crippen LogP contribution in [0.5, 0.6) is 11.6 Å². The molecule has 17 heavy (non-hydrogen) atoms. The molecule has 88 valence electrons. The summed E-state index contributed by atoms with van der Waals surface area (Å²) >= 11 is 5.03. The third-order valence-corrected chi connectivity index (χ3v) is 2.52. The molecule has 2 rings (SSSR count). The zero-order chi connectivity index (χ0) is 12.3. The van der Waals surface area contributed by atoms with Crippen LogP contribution in [0, 0.1) is 4.77 Å². The summed E-state index contributed by atoms with van der Waals surface area (Å²) in [5, 5.41) is 0. The van der Waals surface area contributed by atoms with Gasteiger partial charge in [0.05, 0.1) is 19.9 Å². The van der Waals surface area contributed by atoms with E-state index in [1.807, 2.05) is 24.3 Å². The van der Waals surface area contributed by atoms with Crippen molar-refractivity contribution in [3.05, 3.63) is 35.1 Å². The van der Waals surface area contributed by atoms with Gasteiger partial charge in [-0.3, -0.25) is 0 Å². The lowest BCUT2D eigenvalue weighted by molar-refractivity contribution is 0.396. The molecule has 0 aliphatic carbocycles. The molecule has 0 fully saturated rings. The SMILES string of the molecule is COc1ccc(-c2cc(OC)nc(=S)[nH]2)cc1. The highest BCUT2D eigenvalue weighted by molar-refractivity contribution is 7.71. The number of hydrogen-bond donors (Lipinski definition) is 1. The summed E-state index contributed by atoms with van der Waals surface area (Å²) < 4.78 is 10.6. The highest BCUT2D eigenvalue weighted by Crippen LogP contribution is 2.22. The van der Waals surface area contributed by atoms with Gasteiger partial charge in [-0.05, 0) is 42.0 Å². The van der Waals surface area contributed by atoms with E-state index in [0.29, 0.717) is 10.7 Å². The normalized spacial score (nSPS) is 10.0. The van der Waals surface area contributed by atoms with Crippen molar-refractivity contribution in [3.63, 3.8) is 0 Å². The number of aromatic amines is 1. The maximum absolute atomic E-state index is 5.11. The largest absolute Gasteiger partial charge is 0.497 e. The molecular weight excluding hydrogens is 236 g/mol. The third kappa shape index (κ3) is 2.62. The van der Waals surface area contributed by atoms with Gasteiger partial charge >= 0.3 is 0 Å². The number of nitrogens with zero attached hydrogens (tertiary/aromatic N) is 1. The lowest BCUT2D eigenvalue weighted by Crippen LogP contribution is -1.92. The zero-order valence-electron chi connectivity index (χ0n) is 9.56. The Morgan fingerprint density at radius 2 is 1.82 bits per heavy atom. The van der Waals surface area contributed by atoms with Gasteiger partial charge < -0.3 is 14.5 Å². The number of nitrogens with one attached hydrogen (secondary N) is 1. The number of methoxy groups -OCH3 is 2. The summed E-state index contributed by atoms with van der Waals surface area (Å²) in [6.07, 6.45) is 0. The molecule has 1 aromatic heterocycles. The number of aromatic nitrogens is 2. The average molecular weight is 248 g/mol. The Labute approximate surface area is 104 Å². The quantitative estimate of drug-likeness (QED) is 0.848. The first-order valence-electron chi connectivity index (χ1n) is 5.02. The topological polar surface area (TPSA) is 47.1 Å². The van der Waals surface area contributed by atoms with Gasteiger partial charge in [0.2, 0.25) is 10.7 Å². The van der Waals surface area contributed by atoms with Crippen molar-refractivity contribution in [1.29, 1.82) is 0 Å². The molecule has 4 nitrogen and oxygen atoms in total. The van der Waals surface area contributed by atoms with E-state index in [1.54, 1.807) is 20.3 Å². The van der Waals surface area contributed by atoms with Gasteiger partial charge in [-0.15, -0.1) is 0 Å². The Hall–Kier alpha value is -1.88. The molecule has 0 bridgehead atoms. The van der Waals surface area contributed by atoms with Crippen LogP contribution in [-0.4, -0.2) is 24.2 Å². The van der Waals surface area contributed by atoms with Crippen molar-refractivity contribution >= 4 is 12.2 Å². The predicted octanol–water partition coefficient (Wildman–Crippen LogP) is 2.82. The maximum Gasteiger partial charge on any atom is 0.217 e. The number of ether oxygens (including phenoxy) is 2. The van der Waals surface area contributed by atoms with E-state index in [2.05, 4.69) is 9.97 Å². The molecule has 1 N–H and O–H groups in total. The van der Waals surface area contributed by atoms with E-state index in [-0.39, 0.29) is 0 Å². The molecule has 0 saturated carbocycles. The van der Waals surface area contributed by atoms with Crippen LogP contribution < -0.4 is 9.47 Å². The molecule has 0 aliphatic rings. The molecule has 0 radical (unpaired) electrons. The standard InChI is InChI=1S/C12H12N2O2S/c1-15-9-5-3-8(4-6-9)10-7-11(16-2)14-12(17)13-10/h3-7H,1-2H3,(H,13,14,17). The van der Waals surface area contributed by atoms with Crippen molar-refractivity contribution < 1.29 is 9.47 Å². The molecule has 0 unspecified atom stereocenters. The number of hydrogen-bond acceptors (Lipinski definition) is 4. The average Bonchev–Trinajstić information content (AvgIpc) is 2.38. The van der Waals surface area contributed by atoms with Crippen LogP contribution in [0.1, 0.15) is 0 Å². The molecule has 0 atom stereocenters. The van der Waals surface area contributed by atoms with Gasteiger partial charge in [0, 0.05) is 6.07 Å². The third-order valence-electron chi connectivity index (χ3n) is 2.33. The Bertz CT molecular complexity index is 563. The van der Waals surface area contributed by atoms with Crippen LogP contribution in [0.4, 0.5) is 0 Å². The molecule has 1 aromatic carbocycles. The predicted molar refractivity (Wildman–Crippen MR) is 68.0 cm³/mol. The minimum atomic E-state index is 0.398.